The minimum Gasteiger partial charge on any atom is -0.394 e. The van der Waals surface area contributed by atoms with Gasteiger partial charge in [0.05, 0.1) is 41.6 Å². The van der Waals surface area contributed by atoms with Crippen LogP contribution in [-0.2, 0) is 13.0 Å². The Labute approximate surface area is 138 Å². The summed E-state index contributed by atoms with van der Waals surface area (Å²) in [5.41, 5.74) is 2.87. The zero-order valence-corrected chi connectivity index (χ0v) is 13.0. The van der Waals surface area contributed by atoms with Crippen molar-refractivity contribution in [1.82, 2.24) is 9.78 Å². The van der Waals surface area contributed by atoms with Gasteiger partial charge in [0, 0.05) is 23.4 Å². The molecule has 3 rings (SSSR count). The zero-order valence-electron chi connectivity index (χ0n) is 13.0. The Morgan fingerprint density at radius 2 is 2.38 bits per heavy atom. The van der Waals surface area contributed by atoms with Gasteiger partial charge in [0.25, 0.3) is 5.69 Å². The predicted molar refractivity (Wildman–Crippen MR) is 86.4 cm³/mol. The number of aliphatic hydroxyl groups excluding tert-OH is 1. The van der Waals surface area contributed by atoms with E-state index in [1.165, 1.54) is 12.1 Å². The molecule has 1 aromatic carbocycles. The Bertz CT molecular complexity index is 809. The lowest BCUT2D eigenvalue weighted by Gasteiger charge is -2.25. The summed E-state index contributed by atoms with van der Waals surface area (Å²) in [5, 5.41) is 36.9. The second-order valence-electron chi connectivity index (χ2n) is 5.68. The molecule has 1 aromatic heterocycles. The molecule has 2 aromatic rings. The fraction of sp³-hybridized carbons (Fsp3) is 0.375. The van der Waals surface area contributed by atoms with E-state index in [9.17, 15) is 15.4 Å². The van der Waals surface area contributed by atoms with Crippen molar-refractivity contribution in [3.8, 4) is 6.07 Å². The van der Waals surface area contributed by atoms with Crippen LogP contribution in [0.15, 0.2) is 24.4 Å². The molecule has 0 spiro atoms. The third kappa shape index (κ3) is 2.94. The van der Waals surface area contributed by atoms with Gasteiger partial charge in [-0.05, 0) is 25.3 Å². The number of aromatic nitrogens is 2. The van der Waals surface area contributed by atoms with Crippen LogP contribution < -0.4 is 5.32 Å². The summed E-state index contributed by atoms with van der Waals surface area (Å²) < 4.78 is 1.81. The number of nitrogens with zero attached hydrogens (tertiary/aromatic N) is 4. The number of anilines is 1. The molecule has 8 heteroatoms. The molecule has 8 nitrogen and oxygen atoms in total. The van der Waals surface area contributed by atoms with Crippen molar-refractivity contribution in [1.29, 1.82) is 5.26 Å². The normalized spacial score (nSPS) is 16.2. The van der Waals surface area contributed by atoms with Gasteiger partial charge < -0.3 is 10.4 Å². The largest absolute Gasteiger partial charge is 0.394 e. The molecular formula is C16H17N5O3. The first-order chi connectivity index (χ1) is 11.6. The first-order valence-electron chi connectivity index (χ1n) is 7.74. The molecule has 0 saturated heterocycles. The van der Waals surface area contributed by atoms with E-state index >= 15 is 0 Å². The van der Waals surface area contributed by atoms with E-state index in [2.05, 4.69) is 10.4 Å². The van der Waals surface area contributed by atoms with Crippen LogP contribution in [-0.4, -0.2) is 26.4 Å². The molecule has 0 saturated carbocycles. The number of nitro benzene ring substituents is 1. The Balaban J connectivity index is 1.88. The molecule has 1 unspecified atom stereocenters. The van der Waals surface area contributed by atoms with Crippen molar-refractivity contribution in [3.63, 3.8) is 0 Å². The molecular weight excluding hydrogens is 310 g/mol. The Morgan fingerprint density at radius 1 is 1.54 bits per heavy atom. The molecule has 0 bridgehead atoms. The summed E-state index contributed by atoms with van der Waals surface area (Å²) in [6.07, 6.45) is 4.55. The lowest BCUT2D eigenvalue weighted by atomic mass is 9.92. The summed E-state index contributed by atoms with van der Waals surface area (Å²) in [4.78, 5) is 10.3. The second kappa shape index (κ2) is 6.68. The fourth-order valence-corrected chi connectivity index (χ4v) is 3.11. The first-order valence-corrected chi connectivity index (χ1v) is 7.74. The SMILES string of the molecule is N#Cc1cc([N+](=O)[O-])ccc1NC1CCCc2c1cnn2CCO. The summed E-state index contributed by atoms with van der Waals surface area (Å²) in [6, 6.07) is 6.25. The Kier molecular flexibility index (Phi) is 4.44. The van der Waals surface area contributed by atoms with Gasteiger partial charge in [0.1, 0.15) is 6.07 Å². The van der Waals surface area contributed by atoms with Crippen LogP contribution in [0.4, 0.5) is 11.4 Å². The molecule has 1 heterocycles. The number of hydrogen-bond donors (Lipinski definition) is 2. The highest BCUT2D eigenvalue weighted by Gasteiger charge is 2.25. The first kappa shape index (κ1) is 16.0. The standard InChI is InChI=1S/C16H17N5O3/c17-9-11-8-12(21(23)24)4-5-14(11)19-15-2-1-3-16-13(15)10-18-20(16)6-7-22/h4-5,8,10,15,19,22H,1-3,6-7H2. The maximum absolute atomic E-state index is 10.8. The topological polar surface area (TPSA) is 117 Å². The van der Waals surface area contributed by atoms with E-state index in [0.29, 0.717) is 12.2 Å². The third-order valence-electron chi connectivity index (χ3n) is 4.24. The van der Waals surface area contributed by atoms with Crippen molar-refractivity contribution in [2.75, 3.05) is 11.9 Å². The van der Waals surface area contributed by atoms with Crippen LogP contribution >= 0.6 is 0 Å². The fourth-order valence-electron chi connectivity index (χ4n) is 3.11. The average molecular weight is 327 g/mol. The second-order valence-corrected chi connectivity index (χ2v) is 5.68. The highest BCUT2D eigenvalue weighted by molar-refractivity contribution is 5.62. The van der Waals surface area contributed by atoms with Crippen molar-refractivity contribution < 1.29 is 10.0 Å². The molecule has 0 radical (unpaired) electrons. The predicted octanol–water partition coefficient (Wildman–Crippen LogP) is 2.14. The van der Waals surface area contributed by atoms with E-state index in [1.54, 1.807) is 12.3 Å². The van der Waals surface area contributed by atoms with Crippen LogP contribution in [0.3, 0.4) is 0 Å². The molecule has 1 atom stereocenters. The Morgan fingerprint density at radius 3 is 3.08 bits per heavy atom. The van der Waals surface area contributed by atoms with Crippen LogP contribution in [0.2, 0.25) is 0 Å². The van der Waals surface area contributed by atoms with Gasteiger partial charge in [-0.25, -0.2) is 0 Å². The summed E-state index contributed by atoms with van der Waals surface area (Å²) in [6.45, 7) is 0.496. The van der Waals surface area contributed by atoms with Gasteiger partial charge in [-0.15, -0.1) is 0 Å². The number of hydrogen-bond acceptors (Lipinski definition) is 6. The van der Waals surface area contributed by atoms with Crippen molar-refractivity contribution in [2.45, 2.75) is 31.8 Å². The van der Waals surface area contributed by atoms with Crippen molar-refractivity contribution >= 4 is 11.4 Å². The lowest BCUT2D eigenvalue weighted by molar-refractivity contribution is -0.384. The van der Waals surface area contributed by atoms with Gasteiger partial charge in [0.2, 0.25) is 0 Å². The minimum absolute atomic E-state index is 0.00486. The number of nitrogens with one attached hydrogen (secondary N) is 1. The number of aliphatic hydroxyl groups is 1. The van der Waals surface area contributed by atoms with Crippen molar-refractivity contribution in [3.05, 3.63) is 51.3 Å². The molecule has 124 valence electrons. The highest BCUT2D eigenvalue weighted by atomic mass is 16.6. The van der Waals surface area contributed by atoms with Crippen LogP contribution in [0, 0.1) is 21.4 Å². The molecule has 1 aliphatic rings. The summed E-state index contributed by atoms with van der Waals surface area (Å²) in [7, 11) is 0. The quantitative estimate of drug-likeness (QED) is 0.642. The number of nitriles is 1. The number of benzene rings is 1. The molecule has 0 fully saturated rings. The monoisotopic (exact) mass is 327 g/mol. The smallest absolute Gasteiger partial charge is 0.270 e. The van der Waals surface area contributed by atoms with Gasteiger partial charge in [-0.3, -0.25) is 14.8 Å². The van der Waals surface area contributed by atoms with Crippen LogP contribution in [0.25, 0.3) is 0 Å². The van der Waals surface area contributed by atoms with E-state index < -0.39 is 4.92 Å². The van der Waals surface area contributed by atoms with E-state index in [1.807, 2.05) is 10.8 Å². The molecule has 0 amide bonds. The van der Waals surface area contributed by atoms with Gasteiger partial charge in [0.15, 0.2) is 0 Å². The maximum Gasteiger partial charge on any atom is 0.270 e. The molecule has 2 N–H and O–H groups in total. The highest BCUT2D eigenvalue weighted by Crippen LogP contribution is 2.34. The third-order valence-corrected chi connectivity index (χ3v) is 4.24. The number of rotatable bonds is 5. The molecule has 0 aliphatic heterocycles. The van der Waals surface area contributed by atoms with Gasteiger partial charge in [-0.1, -0.05) is 0 Å². The van der Waals surface area contributed by atoms with Crippen LogP contribution in [0.1, 0.15) is 35.7 Å². The summed E-state index contributed by atoms with van der Waals surface area (Å²) >= 11 is 0. The van der Waals surface area contributed by atoms with Gasteiger partial charge >= 0.3 is 0 Å². The zero-order chi connectivity index (χ0) is 17.1. The van der Waals surface area contributed by atoms with E-state index in [-0.39, 0.29) is 23.9 Å². The number of nitro groups is 1. The summed E-state index contributed by atoms with van der Waals surface area (Å²) in [5.74, 6) is 0. The number of non-ortho nitro benzene ring substituents is 1. The van der Waals surface area contributed by atoms with Crippen LogP contribution in [0.5, 0.6) is 0 Å². The van der Waals surface area contributed by atoms with Gasteiger partial charge in [-0.2, -0.15) is 10.4 Å². The number of fused-ring (bicyclic) bond motifs is 1. The van der Waals surface area contributed by atoms with Crippen molar-refractivity contribution in [2.24, 2.45) is 0 Å². The maximum atomic E-state index is 10.8. The molecule has 24 heavy (non-hydrogen) atoms. The van der Waals surface area contributed by atoms with E-state index in [4.69, 9.17) is 5.11 Å². The average Bonchev–Trinajstić information content (AvgIpc) is 2.99. The lowest BCUT2D eigenvalue weighted by Crippen LogP contribution is -2.19. The Hall–Kier alpha value is -2.92. The molecule has 1 aliphatic carbocycles. The van der Waals surface area contributed by atoms with E-state index in [0.717, 1.165) is 30.5 Å². The minimum atomic E-state index is -0.512.